The van der Waals surface area contributed by atoms with E-state index < -0.39 is 0 Å². The molecule has 1 unspecified atom stereocenters. The highest BCUT2D eigenvalue weighted by molar-refractivity contribution is 5.47. The van der Waals surface area contributed by atoms with Gasteiger partial charge in [-0.1, -0.05) is 25.5 Å². The van der Waals surface area contributed by atoms with E-state index in [0.717, 1.165) is 12.1 Å². The number of likely N-dealkylation sites (N-methyl/N-ethyl adjacent to an activating group) is 1. The number of anilines is 1. The molecular weight excluding hydrogens is 212 g/mol. The van der Waals surface area contributed by atoms with Gasteiger partial charge in [-0.05, 0) is 37.1 Å². The lowest BCUT2D eigenvalue weighted by Gasteiger charge is -2.22. The second-order valence-electron chi connectivity index (χ2n) is 4.53. The van der Waals surface area contributed by atoms with Crippen molar-refractivity contribution in [3.8, 4) is 0 Å². The van der Waals surface area contributed by atoms with Crippen molar-refractivity contribution in [2.24, 2.45) is 5.73 Å². The third kappa shape index (κ3) is 4.75. The molecule has 0 bridgehead atoms. The molecule has 0 aliphatic carbocycles. The Kier molecular flexibility index (Phi) is 6.01. The first kappa shape index (κ1) is 14.0. The molecule has 0 aromatic heterocycles. The monoisotopic (exact) mass is 236 g/mol. The van der Waals surface area contributed by atoms with Gasteiger partial charge in [-0.25, -0.2) is 0 Å². The summed E-state index contributed by atoms with van der Waals surface area (Å²) in [4.78, 5) is 2.07. The second-order valence-corrected chi connectivity index (χ2v) is 4.53. The van der Waals surface area contributed by atoms with Crippen LogP contribution in [0.25, 0.3) is 0 Å². The fraction of sp³-hybridized carbons (Fsp3) is 0.571. The number of rotatable bonds is 7. The van der Waals surface area contributed by atoms with Crippen LogP contribution in [0.4, 0.5) is 5.69 Å². The normalized spacial score (nSPS) is 12.5. The molecule has 0 fully saturated rings. The molecule has 0 radical (unpaired) electrons. The summed E-state index contributed by atoms with van der Waals surface area (Å²) in [6, 6.07) is 8.54. The van der Waals surface area contributed by atoms with E-state index in [1.54, 1.807) is 0 Å². The van der Waals surface area contributed by atoms with Crippen LogP contribution in [0.15, 0.2) is 24.3 Å². The number of aliphatic hydroxyl groups excluding tert-OH is 1. The van der Waals surface area contributed by atoms with Gasteiger partial charge in [0.1, 0.15) is 0 Å². The Morgan fingerprint density at radius 2 is 1.94 bits per heavy atom. The Labute approximate surface area is 104 Å². The van der Waals surface area contributed by atoms with Crippen molar-refractivity contribution in [2.75, 3.05) is 25.0 Å². The Hall–Kier alpha value is -1.06. The minimum absolute atomic E-state index is 0.347. The number of benzene rings is 1. The van der Waals surface area contributed by atoms with Crippen molar-refractivity contribution in [3.63, 3.8) is 0 Å². The molecule has 96 valence electrons. The maximum absolute atomic E-state index is 9.70. The van der Waals surface area contributed by atoms with E-state index in [4.69, 9.17) is 5.73 Å². The zero-order valence-electron chi connectivity index (χ0n) is 10.9. The Morgan fingerprint density at radius 3 is 2.47 bits per heavy atom. The van der Waals surface area contributed by atoms with Crippen molar-refractivity contribution in [1.82, 2.24) is 0 Å². The van der Waals surface area contributed by atoms with Crippen molar-refractivity contribution < 1.29 is 5.11 Å². The van der Waals surface area contributed by atoms with Crippen molar-refractivity contribution >= 4 is 5.69 Å². The van der Waals surface area contributed by atoms with E-state index in [0.29, 0.717) is 19.5 Å². The molecule has 17 heavy (non-hydrogen) atoms. The van der Waals surface area contributed by atoms with Crippen LogP contribution < -0.4 is 10.6 Å². The standard InChI is InChI=1S/C14H24N2O/c1-3-4-12-5-7-13(8-6-12)16(2)11-14(17)9-10-15/h5-8,14,17H,3-4,9-11,15H2,1-2H3. The summed E-state index contributed by atoms with van der Waals surface area (Å²) in [6.07, 6.45) is 2.60. The first-order valence-electron chi connectivity index (χ1n) is 6.35. The fourth-order valence-electron chi connectivity index (χ4n) is 1.91. The van der Waals surface area contributed by atoms with E-state index in [2.05, 4.69) is 36.1 Å². The number of hydrogen-bond donors (Lipinski definition) is 2. The molecule has 0 aliphatic heterocycles. The summed E-state index contributed by atoms with van der Waals surface area (Å²) in [5, 5.41) is 9.70. The van der Waals surface area contributed by atoms with Gasteiger partial charge in [0.2, 0.25) is 0 Å². The zero-order chi connectivity index (χ0) is 12.7. The summed E-state index contributed by atoms with van der Waals surface area (Å²) < 4.78 is 0. The summed E-state index contributed by atoms with van der Waals surface area (Å²) in [6.45, 7) is 3.35. The highest BCUT2D eigenvalue weighted by Crippen LogP contribution is 2.15. The predicted octanol–water partition coefficient (Wildman–Crippen LogP) is 1.79. The second kappa shape index (κ2) is 7.30. The van der Waals surface area contributed by atoms with Crippen LogP contribution in [-0.2, 0) is 6.42 Å². The highest BCUT2D eigenvalue weighted by Gasteiger charge is 2.07. The fourth-order valence-corrected chi connectivity index (χ4v) is 1.91. The van der Waals surface area contributed by atoms with Crippen molar-refractivity contribution in [3.05, 3.63) is 29.8 Å². The van der Waals surface area contributed by atoms with Crippen molar-refractivity contribution in [1.29, 1.82) is 0 Å². The molecule has 1 rings (SSSR count). The third-order valence-electron chi connectivity index (χ3n) is 2.90. The van der Waals surface area contributed by atoms with Gasteiger partial charge in [0, 0.05) is 19.3 Å². The average Bonchev–Trinajstić information content (AvgIpc) is 2.30. The van der Waals surface area contributed by atoms with Gasteiger partial charge >= 0.3 is 0 Å². The topological polar surface area (TPSA) is 49.5 Å². The summed E-state index contributed by atoms with van der Waals surface area (Å²) >= 11 is 0. The lowest BCUT2D eigenvalue weighted by Crippen LogP contribution is -2.30. The van der Waals surface area contributed by atoms with Gasteiger partial charge in [-0.3, -0.25) is 0 Å². The molecule has 1 aromatic carbocycles. The average molecular weight is 236 g/mol. The molecule has 0 aliphatic rings. The van der Waals surface area contributed by atoms with Gasteiger partial charge in [0.05, 0.1) is 6.10 Å². The lowest BCUT2D eigenvalue weighted by molar-refractivity contribution is 0.174. The van der Waals surface area contributed by atoms with Crippen molar-refractivity contribution in [2.45, 2.75) is 32.3 Å². The third-order valence-corrected chi connectivity index (χ3v) is 2.90. The molecular formula is C14H24N2O. The molecule has 0 saturated carbocycles. The number of aliphatic hydroxyl groups is 1. The SMILES string of the molecule is CCCc1ccc(N(C)CC(O)CCN)cc1. The molecule has 3 nitrogen and oxygen atoms in total. The molecule has 0 spiro atoms. The molecule has 3 N–H and O–H groups in total. The smallest absolute Gasteiger partial charge is 0.0726 e. The first-order valence-corrected chi connectivity index (χ1v) is 6.35. The Morgan fingerprint density at radius 1 is 1.29 bits per heavy atom. The van der Waals surface area contributed by atoms with Crippen LogP contribution in [0, 0.1) is 0 Å². The van der Waals surface area contributed by atoms with Gasteiger partial charge in [-0.15, -0.1) is 0 Å². The van der Waals surface area contributed by atoms with E-state index >= 15 is 0 Å². The molecule has 3 heteroatoms. The molecule has 1 atom stereocenters. The highest BCUT2D eigenvalue weighted by atomic mass is 16.3. The molecule has 0 amide bonds. The number of nitrogens with zero attached hydrogens (tertiary/aromatic N) is 1. The largest absolute Gasteiger partial charge is 0.391 e. The Bertz CT molecular complexity index is 311. The van der Waals surface area contributed by atoms with Crippen LogP contribution in [0.2, 0.25) is 0 Å². The van der Waals surface area contributed by atoms with E-state index in [1.807, 2.05) is 7.05 Å². The minimum atomic E-state index is -0.347. The first-order chi connectivity index (χ1) is 8.17. The minimum Gasteiger partial charge on any atom is -0.391 e. The number of hydrogen-bond acceptors (Lipinski definition) is 3. The van der Waals surface area contributed by atoms with E-state index in [1.165, 1.54) is 12.0 Å². The van der Waals surface area contributed by atoms with E-state index in [-0.39, 0.29) is 6.10 Å². The predicted molar refractivity (Wildman–Crippen MR) is 73.4 cm³/mol. The molecule has 0 saturated heterocycles. The Balaban J connectivity index is 2.53. The maximum Gasteiger partial charge on any atom is 0.0726 e. The number of nitrogens with two attached hydrogens (primary N) is 1. The van der Waals surface area contributed by atoms with Crippen LogP contribution in [0.3, 0.4) is 0 Å². The van der Waals surface area contributed by atoms with Crippen LogP contribution in [0.1, 0.15) is 25.3 Å². The summed E-state index contributed by atoms with van der Waals surface area (Å²) in [5.74, 6) is 0. The van der Waals surface area contributed by atoms with Crippen LogP contribution in [-0.4, -0.2) is 31.3 Å². The number of aryl methyl sites for hydroxylation is 1. The van der Waals surface area contributed by atoms with Gasteiger partial charge in [0.15, 0.2) is 0 Å². The molecule has 0 heterocycles. The summed E-state index contributed by atoms with van der Waals surface area (Å²) in [7, 11) is 1.99. The summed E-state index contributed by atoms with van der Waals surface area (Å²) in [5.41, 5.74) is 7.93. The van der Waals surface area contributed by atoms with E-state index in [9.17, 15) is 5.11 Å². The molecule has 1 aromatic rings. The van der Waals surface area contributed by atoms with Crippen LogP contribution in [0.5, 0.6) is 0 Å². The van der Waals surface area contributed by atoms with Crippen LogP contribution >= 0.6 is 0 Å². The van der Waals surface area contributed by atoms with Gasteiger partial charge < -0.3 is 15.7 Å². The maximum atomic E-state index is 9.70. The zero-order valence-corrected chi connectivity index (χ0v) is 10.9. The lowest BCUT2D eigenvalue weighted by atomic mass is 10.1. The van der Waals surface area contributed by atoms with Gasteiger partial charge in [-0.2, -0.15) is 0 Å². The van der Waals surface area contributed by atoms with Gasteiger partial charge in [0.25, 0.3) is 0 Å². The quantitative estimate of drug-likeness (QED) is 0.759.